The van der Waals surface area contributed by atoms with E-state index in [4.69, 9.17) is 20.7 Å². The Labute approximate surface area is 189 Å². The SMILES string of the molecule is CC(C)(C)OC(=O)N1CCn2nc(-c3ccc(F)cc3)c(-c3ccc4nc(N)cn4n3)c2C1. The van der Waals surface area contributed by atoms with Gasteiger partial charge in [0.2, 0.25) is 0 Å². The fourth-order valence-electron chi connectivity index (χ4n) is 3.91. The Balaban J connectivity index is 1.63. The highest BCUT2D eigenvalue weighted by Gasteiger charge is 2.31. The number of halogens is 1. The summed E-state index contributed by atoms with van der Waals surface area (Å²) in [5.74, 6) is 0.0420. The Morgan fingerprint density at radius 2 is 1.85 bits per heavy atom. The van der Waals surface area contributed by atoms with Gasteiger partial charge >= 0.3 is 6.09 Å². The van der Waals surface area contributed by atoms with E-state index >= 15 is 0 Å². The molecule has 33 heavy (non-hydrogen) atoms. The second kappa shape index (κ2) is 7.58. The van der Waals surface area contributed by atoms with Crippen molar-refractivity contribution in [3.8, 4) is 22.5 Å². The van der Waals surface area contributed by atoms with Gasteiger partial charge in [-0.25, -0.2) is 18.7 Å². The van der Waals surface area contributed by atoms with Gasteiger partial charge in [-0.1, -0.05) is 0 Å². The molecule has 0 unspecified atom stereocenters. The maximum Gasteiger partial charge on any atom is 0.410 e. The van der Waals surface area contributed by atoms with Crippen LogP contribution in [0.4, 0.5) is 15.0 Å². The second-order valence-electron chi connectivity index (χ2n) is 8.99. The number of nitrogen functional groups attached to an aromatic ring is 1. The molecule has 0 saturated carbocycles. The maximum absolute atomic E-state index is 13.6. The predicted octanol–water partition coefficient (Wildman–Crippen LogP) is 3.73. The van der Waals surface area contributed by atoms with Crippen LogP contribution in [0.1, 0.15) is 26.5 Å². The lowest BCUT2D eigenvalue weighted by Gasteiger charge is -2.30. The third kappa shape index (κ3) is 3.99. The highest BCUT2D eigenvalue weighted by atomic mass is 19.1. The summed E-state index contributed by atoms with van der Waals surface area (Å²) in [4.78, 5) is 18.6. The smallest absolute Gasteiger partial charge is 0.410 e. The van der Waals surface area contributed by atoms with E-state index in [1.807, 2.05) is 37.6 Å². The number of fused-ring (bicyclic) bond motifs is 2. The van der Waals surface area contributed by atoms with Gasteiger partial charge in [0.15, 0.2) is 5.65 Å². The number of carbonyl (C=O) groups is 1. The Hall–Kier alpha value is -3.95. The maximum atomic E-state index is 13.6. The van der Waals surface area contributed by atoms with Crippen molar-refractivity contribution in [1.82, 2.24) is 29.3 Å². The summed E-state index contributed by atoms with van der Waals surface area (Å²) in [6, 6.07) is 9.85. The van der Waals surface area contributed by atoms with Gasteiger partial charge in [-0.3, -0.25) is 4.68 Å². The van der Waals surface area contributed by atoms with E-state index in [2.05, 4.69) is 4.98 Å². The standard InChI is InChI=1S/C23H24FN7O2/c1-23(2,3)33-22(32)29-10-11-30-17(12-29)20(21(28-30)14-4-6-15(24)7-5-14)16-8-9-19-26-18(25)13-31(19)27-16/h4-9,13H,10-12,25H2,1-3H3. The molecule has 0 atom stereocenters. The predicted molar refractivity (Wildman–Crippen MR) is 121 cm³/mol. The summed E-state index contributed by atoms with van der Waals surface area (Å²) in [5.41, 5.74) is 9.51. The number of aromatic nitrogens is 5. The molecule has 0 aliphatic carbocycles. The lowest BCUT2D eigenvalue weighted by Crippen LogP contribution is -2.41. The van der Waals surface area contributed by atoms with Crippen molar-refractivity contribution >= 4 is 17.6 Å². The van der Waals surface area contributed by atoms with Crippen molar-refractivity contribution in [3.63, 3.8) is 0 Å². The first kappa shape index (κ1) is 20.9. The largest absolute Gasteiger partial charge is 0.444 e. The monoisotopic (exact) mass is 449 g/mol. The lowest BCUT2D eigenvalue weighted by molar-refractivity contribution is 0.0195. The molecule has 10 heteroatoms. The van der Waals surface area contributed by atoms with Crippen LogP contribution in [0.5, 0.6) is 0 Å². The molecule has 5 rings (SSSR count). The Morgan fingerprint density at radius 3 is 2.58 bits per heavy atom. The molecule has 4 heterocycles. The minimum absolute atomic E-state index is 0.310. The normalized spacial score (nSPS) is 13.9. The first-order chi connectivity index (χ1) is 15.7. The number of nitrogens with zero attached hydrogens (tertiary/aromatic N) is 6. The molecule has 4 aromatic rings. The van der Waals surface area contributed by atoms with Crippen molar-refractivity contribution in [3.05, 3.63) is 54.1 Å². The van der Waals surface area contributed by atoms with Crippen LogP contribution in [-0.4, -0.2) is 47.5 Å². The van der Waals surface area contributed by atoms with E-state index in [0.29, 0.717) is 42.5 Å². The summed E-state index contributed by atoms with van der Waals surface area (Å²) in [7, 11) is 0. The van der Waals surface area contributed by atoms with Crippen LogP contribution < -0.4 is 5.73 Å². The Morgan fingerprint density at radius 1 is 1.09 bits per heavy atom. The molecule has 0 saturated heterocycles. The van der Waals surface area contributed by atoms with E-state index in [1.165, 1.54) is 12.1 Å². The molecule has 0 radical (unpaired) electrons. The molecule has 2 N–H and O–H groups in total. The van der Waals surface area contributed by atoms with Crippen molar-refractivity contribution in [1.29, 1.82) is 0 Å². The third-order valence-corrected chi connectivity index (χ3v) is 5.34. The first-order valence-electron chi connectivity index (χ1n) is 10.6. The number of carbonyl (C=O) groups excluding carboxylic acids is 1. The molecule has 0 bridgehead atoms. The number of hydrogen-bond acceptors (Lipinski definition) is 6. The quantitative estimate of drug-likeness (QED) is 0.500. The van der Waals surface area contributed by atoms with Crippen LogP contribution in [0.15, 0.2) is 42.6 Å². The molecular weight excluding hydrogens is 425 g/mol. The lowest BCUT2D eigenvalue weighted by atomic mass is 10.0. The molecule has 170 valence electrons. The molecule has 1 amide bonds. The van der Waals surface area contributed by atoms with Crippen molar-refractivity contribution in [2.45, 2.75) is 39.5 Å². The molecule has 1 aliphatic heterocycles. The number of ether oxygens (including phenoxy) is 1. The summed E-state index contributed by atoms with van der Waals surface area (Å²) >= 11 is 0. The van der Waals surface area contributed by atoms with Gasteiger partial charge in [0.25, 0.3) is 0 Å². The van der Waals surface area contributed by atoms with E-state index < -0.39 is 5.60 Å². The van der Waals surface area contributed by atoms with Crippen LogP contribution in [0.25, 0.3) is 28.2 Å². The summed E-state index contributed by atoms with van der Waals surface area (Å²) < 4.78 is 22.7. The zero-order chi connectivity index (χ0) is 23.3. The molecular formula is C23H24FN7O2. The molecule has 1 aromatic carbocycles. The fraction of sp³-hybridized carbons (Fsp3) is 0.304. The van der Waals surface area contributed by atoms with Gasteiger partial charge in [-0.2, -0.15) is 10.2 Å². The minimum atomic E-state index is -0.592. The number of imidazole rings is 1. The Kier molecular flexibility index (Phi) is 4.80. The zero-order valence-electron chi connectivity index (χ0n) is 18.6. The van der Waals surface area contributed by atoms with Gasteiger partial charge in [-0.15, -0.1) is 0 Å². The van der Waals surface area contributed by atoms with Gasteiger partial charge in [0.05, 0.1) is 36.2 Å². The average molecular weight is 449 g/mol. The fourth-order valence-corrected chi connectivity index (χ4v) is 3.91. The van der Waals surface area contributed by atoms with E-state index in [1.54, 1.807) is 27.7 Å². The summed E-state index contributed by atoms with van der Waals surface area (Å²) in [5, 5.41) is 9.50. The topological polar surface area (TPSA) is 104 Å². The van der Waals surface area contributed by atoms with Gasteiger partial charge in [0, 0.05) is 12.1 Å². The summed E-state index contributed by atoms with van der Waals surface area (Å²) in [6.45, 7) is 6.80. The molecule has 9 nitrogen and oxygen atoms in total. The highest BCUT2D eigenvalue weighted by molar-refractivity contribution is 5.82. The molecule has 1 aliphatic rings. The van der Waals surface area contributed by atoms with Gasteiger partial charge in [0.1, 0.15) is 22.9 Å². The third-order valence-electron chi connectivity index (χ3n) is 5.34. The number of hydrogen-bond donors (Lipinski definition) is 1. The van der Waals surface area contributed by atoms with Crippen molar-refractivity contribution in [2.75, 3.05) is 12.3 Å². The van der Waals surface area contributed by atoms with Gasteiger partial charge < -0.3 is 15.4 Å². The van der Waals surface area contributed by atoms with E-state index in [9.17, 15) is 9.18 Å². The van der Waals surface area contributed by atoms with E-state index in [0.717, 1.165) is 16.8 Å². The minimum Gasteiger partial charge on any atom is -0.444 e. The average Bonchev–Trinajstić information content (AvgIpc) is 3.31. The summed E-state index contributed by atoms with van der Waals surface area (Å²) in [6.07, 6.45) is 1.26. The molecule has 0 spiro atoms. The number of nitrogens with two attached hydrogens (primary N) is 1. The van der Waals surface area contributed by atoms with Crippen LogP contribution in [-0.2, 0) is 17.8 Å². The first-order valence-corrected chi connectivity index (χ1v) is 10.6. The molecule has 3 aromatic heterocycles. The molecule has 0 fully saturated rings. The number of anilines is 1. The Bertz CT molecular complexity index is 1350. The van der Waals surface area contributed by atoms with Crippen molar-refractivity contribution < 1.29 is 13.9 Å². The highest BCUT2D eigenvalue weighted by Crippen LogP contribution is 2.36. The number of benzene rings is 1. The van der Waals surface area contributed by atoms with Crippen LogP contribution in [0, 0.1) is 5.82 Å². The van der Waals surface area contributed by atoms with Gasteiger partial charge in [-0.05, 0) is 57.2 Å². The van der Waals surface area contributed by atoms with Crippen LogP contribution in [0.2, 0.25) is 0 Å². The van der Waals surface area contributed by atoms with Crippen molar-refractivity contribution in [2.24, 2.45) is 0 Å². The second-order valence-corrected chi connectivity index (χ2v) is 8.99. The number of rotatable bonds is 2. The number of amides is 1. The van der Waals surface area contributed by atoms with Crippen LogP contribution >= 0.6 is 0 Å². The zero-order valence-corrected chi connectivity index (χ0v) is 18.6. The van der Waals surface area contributed by atoms with Crippen LogP contribution in [0.3, 0.4) is 0 Å². The van der Waals surface area contributed by atoms with E-state index in [-0.39, 0.29) is 11.9 Å².